The van der Waals surface area contributed by atoms with Crippen LogP contribution in [0.2, 0.25) is 0 Å². The van der Waals surface area contributed by atoms with Gasteiger partial charge in [-0.1, -0.05) is 54.4 Å². The fraction of sp³-hybridized carbons (Fsp3) is 0.735. The van der Waals surface area contributed by atoms with Crippen molar-refractivity contribution >= 4 is 53.3 Å². The van der Waals surface area contributed by atoms with Crippen molar-refractivity contribution in [3.8, 4) is 0 Å². The number of rotatable bonds is 25. The van der Waals surface area contributed by atoms with Crippen LogP contribution in [0.25, 0.3) is 0 Å². The molecule has 0 aromatic rings. The maximum Gasteiger partial charge on any atom is 0.326 e. The normalized spacial score (nSPS) is 15.4. The number of carboxylic acid groups (broad SMARTS) is 1. The van der Waals surface area contributed by atoms with Crippen molar-refractivity contribution in [3.63, 3.8) is 0 Å². The number of aliphatic imine (C=N–C) groups is 1. The average Bonchev–Trinajstić information content (AvgIpc) is 3.09. The molecule has 0 fully saturated rings. The average molecular weight is 771 g/mol. The smallest absolute Gasteiger partial charge is 0.326 e. The number of hydrogen-bond acceptors (Lipinski definition) is 10. The number of aliphatic carboxylic acids is 1. The van der Waals surface area contributed by atoms with Crippen LogP contribution < -0.4 is 48.7 Å². The van der Waals surface area contributed by atoms with E-state index in [2.05, 4.69) is 42.2 Å². The molecular weight excluding hydrogens is 708 g/mol. The zero-order valence-electron chi connectivity index (χ0n) is 32.6. The standard InChI is InChI=1S/C34H62N10O10/c1-9-18(5)26(44-32(52)27(19(6)10-2)43-28(48)20(7)39-21(8)46)31(51)41-23(14-17(3)4)30(50)42-24(16-45)29(49)38-15-25(47)40-22(33(53)54)12-11-13-37-34(35)36/h17-20,22-24,26-27,45H,9-16H2,1-8H3,(H,38,49)(H,39,46)(H,40,47)(H,41,51)(H,42,50)(H,43,48)(H,44,52)(H,53,54)(H4,35,36,37)/t18-,19-,20-,22-,23-,24-,26-,27-/m0/s1. The number of nitrogens with two attached hydrogens (primary N) is 2. The Morgan fingerprint density at radius 3 is 1.65 bits per heavy atom. The van der Waals surface area contributed by atoms with Gasteiger partial charge in [0.15, 0.2) is 5.96 Å². The quantitative estimate of drug-likeness (QED) is 0.0257. The van der Waals surface area contributed by atoms with E-state index in [1.807, 2.05) is 6.92 Å². The largest absolute Gasteiger partial charge is 0.480 e. The summed E-state index contributed by atoms with van der Waals surface area (Å²) < 4.78 is 0. The van der Waals surface area contributed by atoms with E-state index < -0.39 is 103 Å². The van der Waals surface area contributed by atoms with Crippen LogP contribution in [0.1, 0.15) is 87.5 Å². The van der Waals surface area contributed by atoms with Gasteiger partial charge in [-0.2, -0.15) is 0 Å². The summed E-state index contributed by atoms with van der Waals surface area (Å²) in [4.78, 5) is 106. The number of nitrogens with one attached hydrogen (secondary N) is 7. The van der Waals surface area contributed by atoms with Crippen molar-refractivity contribution in [2.45, 2.75) is 124 Å². The lowest BCUT2D eigenvalue weighted by atomic mass is 9.94. The van der Waals surface area contributed by atoms with E-state index in [4.69, 9.17) is 11.5 Å². The second-order valence-electron chi connectivity index (χ2n) is 13.7. The number of nitrogens with zero attached hydrogens (tertiary/aromatic N) is 1. The molecule has 308 valence electrons. The molecular formula is C34H62N10O10. The second kappa shape index (κ2) is 25.1. The first kappa shape index (κ1) is 49.0. The predicted octanol–water partition coefficient (Wildman–Crippen LogP) is -2.68. The van der Waals surface area contributed by atoms with Crippen LogP contribution in [0, 0.1) is 17.8 Å². The van der Waals surface area contributed by atoms with Gasteiger partial charge in [0.05, 0.1) is 13.2 Å². The van der Waals surface area contributed by atoms with E-state index in [0.717, 1.165) is 0 Å². The molecule has 0 aromatic heterocycles. The van der Waals surface area contributed by atoms with Gasteiger partial charge in [0, 0.05) is 13.5 Å². The van der Waals surface area contributed by atoms with Gasteiger partial charge >= 0.3 is 5.97 Å². The van der Waals surface area contributed by atoms with E-state index in [0.29, 0.717) is 12.8 Å². The minimum absolute atomic E-state index is 0.000127. The van der Waals surface area contributed by atoms with Crippen LogP contribution in [-0.2, 0) is 38.4 Å². The Bertz CT molecular complexity index is 1320. The van der Waals surface area contributed by atoms with Gasteiger partial charge in [-0.3, -0.25) is 38.6 Å². The molecule has 0 saturated carbocycles. The number of aliphatic hydroxyl groups excluding tert-OH is 1. The lowest BCUT2D eigenvalue weighted by Gasteiger charge is -2.31. The fourth-order valence-electron chi connectivity index (χ4n) is 5.02. The van der Waals surface area contributed by atoms with Gasteiger partial charge in [0.25, 0.3) is 0 Å². The van der Waals surface area contributed by atoms with Crippen LogP contribution in [0.5, 0.6) is 0 Å². The van der Waals surface area contributed by atoms with Crippen molar-refractivity contribution in [1.29, 1.82) is 0 Å². The van der Waals surface area contributed by atoms with Crippen molar-refractivity contribution in [2.24, 2.45) is 34.2 Å². The van der Waals surface area contributed by atoms with Crippen molar-refractivity contribution in [3.05, 3.63) is 0 Å². The topological polar surface area (TPSA) is 326 Å². The molecule has 0 aliphatic carbocycles. The minimum atomic E-state index is -1.54. The van der Waals surface area contributed by atoms with Crippen LogP contribution in [0.15, 0.2) is 4.99 Å². The molecule has 13 N–H and O–H groups in total. The molecule has 7 amide bonds. The van der Waals surface area contributed by atoms with Gasteiger partial charge in [-0.25, -0.2) is 4.79 Å². The van der Waals surface area contributed by atoms with Gasteiger partial charge in [-0.15, -0.1) is 0 Å². The maximum absolute atomic E-state index is 13.7. The Morgan fingerprint density at radius 2 is 1.19 bits per heavy atom. The third-order valence-electron chi connectivity index (χ3n) is 8.56. The Balaban J connectivity index is 5.80. The predicted molar refractivity (Wildman–Crippen MR) is 199 cm³/mol. The molecule has 0 rings (SSSR count). The first-order valence-corrected chi connectivity index (χ1v) is 18.1. The SMILES string of the molecule is CC[C@H](C)[C@H](NC(=O)[C@H](C)NC(C)=O)C(=O)N[C@H](C(=O)N[C@@H](CC(C)C)C(=O)N[C@@H](CO)C(=O)NCC(=O)N[C@@H](CCCN=C(N)N)C(=O)O)[C@@H](C)CC. The number of carboxylic acids is 1. The van der Waals surface area contributed by atoms with Crippen LogP contribution in [0.3, 0.4) is 0 Å². The zero-order chi connectivity index (χ0) is 41.7. The van der Waals surface area contributed by atoms with Crippen LogP contribution >= 0.6 is 0 Å². The lowest BCUT2D eigenvalue weighted by molar-refractivity contribution is -0.142. The summed E-state index contributed by atoms with van der Waals surface area (Å²) in [6.45, 7) is 12.0. The molecule has 0 aliphatic rings. The van der Waals surface area contributed by atoms with E-state index in [9.17, 15) is 48.6 Å². The molecule has 0 bridgehead atoms. The van der Waals surface area contributed by atoms with Crippen LogP contribution in [0.4, 0.5) is 0 Å². The second-order valence-corrected chi connectivity index (χ2v) is 13.7. The Labute approximate surface area is 316 Å². The highest BCUT2D eigenvalue weighted by Crippen LogP contribution is 2.14. The van der Waals surface area contributed by atoms with E-state index in [1.54, 1.807) is 34.6 Å². The lowest BCUT2D eigenvalue weighted by Crippen LogP contribution is -2.61. The zero-order valence-corrected chi connectivity index (χ0v) is 32.6. The van der Waals surface area contributed by atoms with E-state index in [-0.39, 0.29) is 43.6 Å². The highest BCUT2D eigenvalue weighted by Gasteiger charge is 2.35. The number of guanidine groups is 1. The molecule has 54 heavy (non-hydrogen) atoms. The van der Waals surface area contributed by atoms with E-state index in [1.165, 1.54) is 13.8 Å². The highest BCUT2D eigenvalue weighted by molar-refractivity contribution is 5.97. The summed E-state index contributed by atoms with van der Waals surface area (Å²) in [7, 11) is 0. The number of hydrogen-bond donors (Lipinski definition) is 11. The van der Waals surface area contributed by atoms with Crippen molar-refractivity contribution < 1.29 is 48.6 Å². The number of carbonyl (C=O) groups excluding carboxylic acids is 7. The van der Waals surface area contributed by atoms with Gasteiger partial charge in [-0.05, 0) is 43.9 Å². The molecule has 8 atom stereocenters. The summed E-state index contributed by atoms with van der Waals surface area (Å²) in [6.07, 6.45) is 1.30. The summed E-state index contributed by atoms with van der Waals surface area (Å²) in [6, 6.07) is -7.17. The van der Waals surface area contributed by atoms with Crippen LogP contribution in [-0.4, -0.2) is 119 Å². The monoisotopic (exact) mass is 770 g/mol. The van der Waals surface area contributed by atoms with E-state index >= 15 is 0 Å². The Kier molecular flexibility index (Phi) is 22.8. The molecule has 0 heterocycles. The molecule has 0 saturated heterocycles. The third-order valence-corrected chi connectivity index (χ3v) is 8.56. The number of aliphatic hydroxyl groups is 1. The summed E-state index contributed by atoms with van der Waals surface area (Å²) in [5.41, 5.74) is 10.5. The first-order valence-electron chi connectivity index (χ1n) is 18.1. The van der Waals surface area contributed by atoms with Gasteiger partial charge in [0.2, 0.25) is 41.4 Å². The third kappa shape index (κ3) is 18.7. The number of carbonyl (C=O) groups is 8. The molecule has 0 spiro atoms. The summed E-state index contributed by atoms with van der Waals surface area (Å²) in [5, 5.41) is 36.7. The molecule has 20 heteroatoms. The molecule has 0 aliphatic heterocycles. The summed E-state index contributed by atoms with van der Waals surface area (Å²) >= 11 is 0. The minimum Gasteiger partial charge on any atom is -0.480 e. The first-order chi connectivity index (χ1) is 25.2. The van der Waals surface area contributed by atoms with Crippen molar-refractivity contribution in [2.75, 3.05) is 19.7 Å². The molecule has 0 radical (unpaired) electrons. The molecule has 0 aromatic carbocycles. The Hall–Kier alpha value is -5.01. The fourth-order valence-corrected chi connectivity index (χ4v) is 5.02. The van der Waals surface area contributed by atoms with Gasteiger partial charge < -0.3 is 58.9 Å². The summed E-state index contributed by atoms with van der Waals surface area (Å²) in [5.74, 6) is -7.38. The highest BCUT2D eigenvalue weighted by atomic mass is 16.4. The number of amides is 7. The maximum atomic E-state index is 13.7. The van der Waals surface area contributed by atoms with Gasteiger partial charge in [0.1, 0.15) is 36.3 Å². The molecule has 0 unspecified atom stereocenters. The van der Waals surface area contributed by atoms with Crippen molar-refractivity contribution in [1.82, 2.24) is 37.2 Å². The molecule has 20 nitrogen and oxygen atoms in total. The Morgan fingerprint density at radius 1 is 0.667 bits per heavy atom.